The van der Waals surface area contributed by atoms with E-state index in [9.17, 15) is 19.5 Å². The first kappa shape index (κ1) is 41.3. The standard InChI is InChI=1S/C42H47N3O11S/c1-2-38(47)51-22-8-4-3-7-21-50-32-15-17-33(18-16-32)55-40(48)29-11-13-30(14-12-29)41(49)56-36-20-19-34(54-28-46)25-31(36)26-43-45(27-39-52-23-24-53-39)42-44-35-9-5-6-10-37(35)57-42/h2,5-6,9-10,15-20,25-26,29-30,39,46H,1,3-4,7-8,11-14,21-24,27-28H2/b43-26+. The summed E-state index contributed by atoms with van der Waals surface area (Å²) in [4.78, 5) is 42.3. The number of aliphatic hydroxyl groups excluding tert-OH is 1. The van der Waals surface area contributed by atoms with Crippen molar-refractivity contribution in [2.45, 2.75) is 57.7 Å². The van der Waals surface area contributed by atoms with E-state index in [2.05, 4.69) is 6.58 Å². The molecular weight excluding hydrogens is 755 g/mol. The number of benzene rings is 3. The summed E-state index contributed by atoms with van der Waals surface area (Å²) in [5.41, 5.74) is 1.28. The predicted octanol–water partition coefficient (Wildman–Crippen LogP) is 6.82. The summed E-state index contributed by atoms with van der Waals surface area (Å²) >= 11 is 1.48. The van der Waals surface area contributed by atoms with Crippen LogP contribution in [0.1, 0.15) is 56.9 Å². The Balaban J connectivity index is 0.992. The molecule has 1 aromatic heterocycles. The lowest BCUT2D eigenvalue weighted by molar-refractivity contribution is -0.145. The Morgan fingerprint density at radius 2 is 1.51 bits per heavy atom. The number of fused-ring (bicyclic) bond motifs is 1. The number of unbranched alkanes of at least 4 members (excludes halogenated alkanes) is 3. The van der Waals surface area contributed by atoms with Gasteiger partial charge in [-0.05, 0) is 106 Å². The highest BCUT2D eigenvalue weighted by Gasteiger charge is 2.32. The highest BCUT2D eigenvalue weighted by molar-refractivity contribution is 7.22. The van der Waals surface area contributed by atoms with Crippen molar-refractivity contribution in [3.05, 3.63) is 84.9 Å². The van der Waals surface area contributed by atoms with Crippen LogP contribution >= 0.6 is 11.3 Å². The zero-order valence-electron chi connectivity index (χ0n) is 31.6. The molecule has 4 aromatic rings. The number of esters is 3. The van der Waals surface area contributed by atoms with Gasteiger partial charge >= 0.3 is 17.9 Å². The van der Waals surface area contributed by atoms with Crippen LogP contribution in [0.15, 0.2) is 84.5 Å². The molecule has 0 amide bonds. The molecule has 0 bridgehead atoms. The first-order chi connectivity index (χ1) is 27.9. The second-order valence-electron chi connectivity index (χ2n) is 13.4. The molecule has 1 aliphatic heterocycles. The molecule has 0 radical (unpaired) electrons. The Morgan fingerprint density at radius 3 is 2.21 bits per heavy atom. The van der Waals surface area contributed by atoms with E-state index in [4.69, 9.17) is 43.2 Å². The quantitative estimate of drug-likeness (QED) is 0.0188. The van der Waals surface area contributed by atoms with Crippen LogP contribution in [0.25, 0.3) is 10.2 Å². The van der Waals surface area contributed by atoms with Gasteiger partial charge in [0.1, 0.15) is 23.0 Å². The fourth-order valence-corrected chi connectivity index (χ4v) is 7.29. The summed E-state index contributed by atoms with van der Waals surface area (Å²) in [5, 5.41) is 16.4. The van der Waals surface area contributed by atoms with E-state index in [0.717, 1.165) is 42.0 Å². The van der Waals surface area contributed by atoms with E-state index in [1.165, 1.54) is 11.3 Å². The molecule has 302 valence electrons. The molecule has 2 heterocycles. The number of thiazole rings is 1. The number of nitrogens with zero attached hydrogens (tertiary/aromatic N) is 3. The molecule has 1 N–H and O–H groups in total. The molecule has 0 unspecified atom stereocenters. The third-order valence-corrected chi connectivity index (χ3v) is 10.5. The average molecular weight is 802 g/mol. The fourth-order valence-electron chi connectivity index (χ4n) is 6.35. The largest absolute Gasteiger partial charge is 0.494 e. The monoisotopic (exact) mass is 801 g/mol. The summed E-state index contributed by atoms with van der Waals surface area (Å²) in [7, 11) is 0. The SMILES string of the molecule is C=CC(=O)OCCCCCCOc1ccc(OC(=O)C2CCC(C(=O)Oc3ccc(OCO)cc3/C=N/N(CC3OCCO3)c3nc4ccccc4s3)CC2)cc1. The van der Waals surface area contributed by atoms with E-state index in [1.54, 1.807) is 53.7 Å². The van der Waals surface area contributed by atoms with Gasteiger partial charge in [-0.15, -0.1) is 0 Å². The zero-order valence-corrected chi connectivity index (χ0v) is 32.4. The second kappa shape index (κ2) is 21.3. The Kier molecular flexibility index (Phi) is 15.4. The van der Waals surface area contributed by atoms with Gasteiger partial charge in [-0.1, -0.05) is 30.0 Å². The topological polar surface area (TPSA) is 165 Å². The number of hydrogen-bond donors (Lipinski definition) is 1. The number of anilines is 1. The van der Waals surface area contributed by atoms with Gasteiger partial charge in [0.2, 0.25) is 5.13 Å². The third kappa shape index (κ3) is 12.3. The normalized spacial score (nSPS) is 17.0. The van der Waals surface area contributed by atoms with Crippen molar-refractivity contribution in [2.75, 3.05) is 44.8 Å². The minimum absolute atomic E-state index is 0.268. The van der Waals surface area contributed by atoms with Crippen molar-refractivity contribution >= 4 is 50.8 Å². The Bertz CT molecular complexity index is 1940. The maximum Gasteiger partial charge on any atom is 0.330 e. The van der Waals surface area contributed by atoms with Crippen molar-refractivity contribution in [1.29, 1.82) is 0 Å². The number of hydrogen-bond acceptors (Lipinski definition) is 15. The van der Waals surface area contributed by atoms with Crippen molar-refractivity contribution < 1.29 is 52.6 Å². The average Bonchev–Trinajstić information content (AvgIpc) is 3.92. The fraction of sp³-hybridized carbons (Fsp3) is 0.405. The summed E-state index contributed by atoms with van der Waals surface area (Å²) in [6, 6.07) is 19.6. The Hall–Kier alpha value is -5.35. The first-order valence-electron chi connectivity index (χ1n) is 19.1. The van der Waals surface area contributed by atoms with Crippen molar-refractivity contribution in [3.63, 3.8) is 0 Å². The molecule has 0 spiro atoms. The third-order valence-electron chi connectivity index (χ3n) is 9.43. The van der Waals surface area contributed by atoms with Crippen LogP contribution in [0.3, 0.4) is 0 Å². The van der Waals surface area contributed by atoms with Crippen molar-refractivity contribution in [3.8, 4) is 23.0 Å². The zero-order chi connectivity index (χ0) is 39.8. The maximum atomic E-state index is 13.5. The summed E-state index contributed by atoms with van der Waals surface area (Å²) in [5.74, 6) is -0.164. The number of hydrazone groups is 1. The smallest absolute Gasteiger partial charge is 0.330 e. The molecular formula is C42H47N3O11S. The molecule has 1 saturated carbocycles. The highest BCUT2D eigenvalue weighted by Crippen LogP contribution is 2.34. The van der Waals surface area contributed by atoms with Crippen LogP contribution in [0, 0.1) is 11.8 Å². The number of rotatable bonds is 20. The number of carbonyl (C=O) groups is 3. The molecule has 3 aromatic carbocycles. The summed E-state index contributed by atoms with van der Waals surface area (Å²) in [6.45, 7) is 5.03. The Morgan fingerprint density at radius 1 is 0.842 bits per heavy atom. The van der Waals surface area contributed by atoms with E-state index < -0.39 is 30.9 Å². The van der Waals surface area contributed by atoms with E-state index in [1.807, 2.05) is 24.3 Å². The molecule has 15 heteroatoms. The summed E-state index contributed by atoms with van der Waals surface area (Å²) < 4.78 is 40.1. The van der Waals surface area contributed by atoms with Gasteiger partial charge in [-0.3, -0.25) is 9.59 Å². The lowest BCUT2D eigenvalue weighted by atomic mass is 9.82. The van der Waals surface area contributed by atoms with Crippen LogP contribution in [-0.4, -0.2) is 80.3 Å². The number of aliphatic hydroxyl groups is 1. The van der Waals surface area contributed by atoms with Crippen LogP contribution in [-0.2, 0) is 28.6 Å². The number of ether oxygens (including phenoxy) is 7. The van der Waals surface area contributed by atoms with E-state index >= 15 is 0 Å². The van der Waals surface area contributed by atoms with Crippen molar-refractivity contribution in [1.82, 2.24) is 4.98 Å². The predicted molar refractivity (Wildman–Crippen MR) is 213 cm³/mol. The van der Waals surface area contributed by atoms with Gasteiger partial charge in [-0.25, -0.2) is 14.8 Å². The minimum atomic E-state index is -0.531. The number of para-hydroxylation sites is 1. The van der Waals surface area contributed by atoms with Gasteiger partial charge < -0.3 is 38.3 Å². The first-order valence-corrected chi connectivity index (χ1v) is 19.9. The minimum Gasteiger partial charge on any atom is -0.494 e. The number of carbonyl (C=O) groups excluding carboxylic acids is 3. The molecule has 2 aliphatic rings. The lowest BCUT2D eigenvalue weighted by Gasteiger charge is -2.26. The summed E-state index contributed by atoms with van der Waals surface area (Å²) in [6.07, 6.45) is 7.64. The number of aromatic nitrogens is 1. The van der Waals surface area contributed by atoms with Crippen LogP contribution in [0.4, 0.5) is 5.13 Å². The van der Waals surface area contributed by atoms with Gasteiger partial charge in [0.15, 0.2) is 13.1 Å². The molecule has 6 rings (SSSR count). The molecule has 1 saturated heterocycles. The maximum absolute atomic E-state index is 13.5. The van der Waals surface area contributed by atoms with Crippen LogP contribution < -0.4 is 24.0 Å². The van der Waals surface area contributed by atoms with E-state index in [-0.39, 0.29) is 24.2 Å². The van der Waals surface area contributed by atoms with Crippen molar-refractivity contribution in [2.24, 2.45) is 16.9 Å². The molecule has 1 aliphatic carbocycles. The lowest BCUT2D eigenvalue weighted by Crippen LogP contribution is -2.30. The second-order valence-corrected chi connectivity index (χ2v) is 14.4. The highest BCUT2D eigenvalue weighted by atomic mass is 32.1. The Labute approximate surface area is 334 Å². The van der Waals surface area contributed by atoms with Gasteiger partial charge in [0.05, 0.1) is 61.2 Å². The van der Waals surface area contributed by atoms with E-state index in [0.29, 0.717) is 80.1 Å². The van der Waals surface area contributed by atoms with Crippen LogP contribution in [0.2, 0.25) is 0 Å². The van der Waals surface area contributed by atoms with Crippen LogP contribution in [0.5, 0.6) is 23.0 Å². The molecule has 0 atom stereocenters. The molecule has 14 nitrogen and oxygen atoms in total. The van der Waals surface area contributed by atoms with Gasteiger partial charge in [0, 0.05) is 11.6 Å². The van der Waals surface area contributed by atoms with Gasteiger partial charge in [-0.2, -0.15) is 5.10 Å². The molecule has 2 fully saturated rings. The van der Waals surface area contributed by atoms with Gasteiger partial charge in [0.25, 0.3) is 0 Å². The molecule has 57 heavy (non-hydrogen) atoms.